The van der Waals surface area contributed by atoms with Gasteiger partial charge < -0.3 is 10.1 Å². The van der Waals surface area contributed by atoms with Crippen LogP contribution in [-0.4, -0.2) is 6.36 Å². The van der Waals surface area contributed by atoms with Gasteiger partial charge in [0.25, 0.3) is 0 Å². The van der Waals surface area contributed by atoms with Crippen LogP contribution in [0.5, 0.6) is 5.75 Å². The van der Waals surface area contributed by atoms with Crippen LogP contribution in [0.25, 0.3) is 0 Å². The second-order valence-corrected chi connectivity index (χ2v) is 4.88. The molecule has 0 unspecified atom stereocenters. The lowest BCUT2D eigenvalue weighted by Crippen LogP contribution is -2.17. The van der Waals surface area contributed by atoms with Gasteiger partial charge in [-0.1, -0.05) is 35.9 Å². The van der Waals surface area contributed by atoms with Gasteiger partial charge in [0.05, 0.1) is 0 Å². The highest BCUT2D eigenvalue weighted by Gasteiger charge is 2.31. The molecule has 112 valence electrons. The van der Waals surface area contributed by atoms with Gasteiger partial charge in [-0.15, -0.1) is 13.2 Å². The van der Waals surface area contributed by atoms with Gasteiger partial charge in [0, 0.05) is 17.3 Å². The van der Waals surface area contributed by atoms with E-state index in [1.165, 1.54) is 12.1 Å². The Hall–Kier alpha value is -1.88. The van der Waals surface area contributed by atoms with Gasteiger partial charge in [-0.25, -0.2) is 0 Å². The third-order valence-electron chi connectivity index (χ3n) is 2.87. The summed E-state index contributed by atoms with van der Waals surface area (Å²) in [6.07, 6.45) is -4.72. The lowest BCUT2D eigenvalue weighted by molar-refractivity contribution is -0.274. The molecule has 0 saturated carbocycles. The highest BCUT2D eigenvalue weighted by molar-refractivity contribution is 6.31. The van der Waals surface area contributed by atoms with E-state index in [4.69, 9.17) is 11.6 Å². The van der Waals surface area contributed by atoms with E-state index in [9.17, 15) is 13.2 Å². The van der Waals surface area contributed by atoms with Crippen molar-refractivity contribution in [1.29, 1.82) is 0 Å². The minimum atomic E-state index is -4.72. The fourth-order valence-electron chi connectivity index (χ4n) is 1.83. The first kappa shape index (κ1) is 15.5. The predicted molar refractivity (Wildman–Crippen MR) is 76.6 cm³/mol. The number of alkyl halides is 3. The molecule has 21 heavy (non-hydrogen) atoms. The van der Waals surface area contributed by atoms with Crippen molar-refractivity contribution in [3.05, 3.63) is 58.6 Å². The van der Waals surface area contributed by atoms with Crippen LogP contribution in [0.4, 0.5) is 18.9 Å². The number of aryl methyl sites for hydroxylation is 1. The third kappa shape index (κ3) is 4.56. The van der Waals surface area contributed by atoms with Crippen LogP contribution >= 0.6 is 11.6 Å². The quantitative estimate of drug-likeness (QED) is 0.841. The van der Waals surface area contributed by atoms with Crippen molar-refractivity contribution in [1.82, 2.24) is 0 Å². The van der Waals surface area contributed by atoms with E-state index in [1.54, 1.807) is 0 Å². The topological polar surface area (TPSA) is 21.3 Å². The molecule has 0 spiro atoms. The molecule has 0 bridgehead atoms. The van der Waals surface area contributed by atoms with Crippen molar-refractivity contribution in [2.75, 3.05) is 5.32 Å². The van der Waals surface area contributed by atoms with Crippen LogP contribution < -0.4 is 10.1 Å². The minimum Gasteiger partial charge on any atom is -0.406 e. The molecule has 0 aliphatic heterocycles. The summed E-state index contributed by atoms with van der Waals surface area (Å²) in [6.45, 7) is 2.38. The second kappa shape index (κ2) is 6.26. The minimum absolute atomic E-state index is 0.220. The summed E-state index contributed by atoms with van der Waals surface area (Å²) in [5.74, 6) is -0.327. The van der Waals surface area contributed by atoms with Crippen LogP contribution in [0.2, 0.25) is 5.02 Å². The summed E-state index contributed by atoms with van der Waals surface area (Å²) in [4.78, 5) is 0. The maximum absolute atomic E-state index is 12.1. The average molecular weight is 316 g/mol. The van der Waals surface area contributed by atoms with E-state index >= 15 is 0 Å². The molecule has 2 aromatic rings. The smallest absolute Gasteiger partial charge is 0.406 e. The Balaban J connectivity index is 2.06. The van der Waals surface area contributed by atoms with Gasteiger partial charge in [0.15, 0.2) is 0 Å². The molecule has 0 radical (unpaired) electrons. The van der Waals surface area contributed by atoms with Crippen molar-refractivity contribution < 1.29 is 17.9 Å². The standard InChI is InChI=1S/C15H13ClF3NO/c1-10-4-2-3-5-14(10)20-9-11-6-7-12(8-13(11)16)21-15(17,18)19/h2-8,20H,9H2,1H3. The fourth-order valence-corrected chi connectivity index (χ4v) is 2.07. The number of hydrogen-bond donors (Lipinski definition) is 1. The number of halogens is 4. The molecule has 0 saturated heterocycles. The third-order valence-corrected chi connectivity index (χ3v) is 3.22. The highest BCUT2D eigenvalue weighted by Crippen LogP contribution is 2.28. The van der Waals surface area contributed by atoms with Crippen molar-refractivity contribution in [2.45, 2.75) is 19.8 Å². The van der Waals surface area contributed by atoms with Gasteiger partial charge in [-0.05, 0) is 36.2 Å². The van der Waals surface area contributed by atoms with Crippen molar-refractivity contribution in [3.8, 4) is 5.75 Å². The molecule has 0 atom stereocenters. The highest BCUT2D eigenvalue weighted by atomic mass is 35.5. The van der Waals surface area contributed by atoms with E-state index in [-0.39, 0.29) is 10.8 Å². The van der Waals surface area contributed by atoms with Crippen LogP contribution in [0.1, 0.15) is 11.1 Å². The summed E-state index contributed by atoms with van der Waals surface area (Å²) < 4.78 is 40.1. The van der Waals surface area contributed by atoms with E-state index in [1.807, 2.05) is 31.2 Å². The number of ether oxygens (including phenoxy) is 1. The molecule has 0 amide bonds. The first-order valence-corrected chi connectivity index (χ1v) is 6.56. The zero-order chi connectivity index (χ0) is 15.5. The zero-order valence-electron chi connectivity index (χ0n) is 11.2. The fraction of sp³-hybridized carbons (Fsp3) is 0.200. The van der Waals surface area contributed by atoms with Crippen LogP contribution in [-0.2, 0) is 6.54 Å². The Morgan fingerprint density at radius 3 is 2.48 bits per heavy atom. The Labute approximate surface area is 125 Å². The number of hydrogen-bond acceptors (Lipinski definition) is 2. The zero-order valence-corrected chi connectivity index (χ0v) is 11.9. The molecule has 6 heteroatoms. The van der Waals surface area contributed by atoms with Gasteiger partial charge in [-0.3, -0.25) is 0 Å². The molecule has 0 fully saturated rings. The summed E-state index contributed by atoms with van der Waals surface area (Å²) in [5, 5.41) is 3.41. The lowest BCUT2D eigenvalue weighted by atomic mass is 10.1. The normalized spacial score (nSPS) is 11.3. The first-order valence-electron chi connectivity index (χ1n) is 6.19. The monoisotopic (exact) mass is 315 g/mol. The van der Waals surface area contributed by atoms with Gasteiger partial charge >= 0.3 is 6.36 Å². The molecule has 0 aromatic heterocycles. The molecule has 0 aliphatic carbocycles. The summed E-state index contributed by atoms with van der Waals surface area (Å²) in [5.41, 5.74) is 2.71. The molecule has 2 nitrogen and oxygen atoms in total. The van der Waals surface area contributed by atoms with Crippen LogP contribution in [0.3, 0.4) is 0 Å². The molecular weight excluding hydrogens is 303 g/mol. The maximum atomic E-state index is 12.1. The van der Waals surface area contributed by atoms with Gasteiger partial charge in [-0.2, -0.15) is 0 Å². The largest absolute Gasteiger partial charge is 0.573 e. The molecular formula is C15H13ClF3NO. The summed E-state index contributed by atoms with van der Waals surface area (Å²) in [6, 6.07) is 11.6. The van der Waals surface area contributed by atoms with Crippen molar-refractivity contribution in [2.24, 2.45) is 0 Å². The predicted octanol–water partition coefficient (Wildman–Crippen LogP) is 5.16. The van der Waals surface area contributed by atoms with E-state index in [2.05, 4.69) is 10.1 Å². The first-order chi connectivity index (χ1) is 9.85. The van der Waals surface area contributed by atoms with E-state index in [0.717, 1.165) is 17.3 Å². The second-order valence-electron chi connectivity index (χ2n) is 4.47. The molecule has 1 N–H and O–H groups in total. The summed E-state index contributed by atoms with van der Waals surface area (Å²) in [7, 11) is 0. The van der Waals surface area contributed by atoms with E-state index in [0.29, 0.717) is 12.1 Å². The maximum Gasteiger partial charge on any atom is 0.573 e. The SMILES string of the molecule is Cc1ccccc1NCc1ccc(OC(F)(F)F)cc1Cl. The Bertz CT molecular complexity index is 629. The number of rotatable bonds is 4. The van der Waals surface area contributed by atoms with E-state index < -0.39 is 6.36 Å². The van der Waals surface area contributed by atoms with Crippen LogP contribution in [0.15, 0.2) is 42.5 Å². The lowest BCUT2D eigenvalue weighted by Gasteiger charge is -2.13. The molecule has 0 heterocycles. The molecule has 2 rings (SSSR count). The van der Waals surface area contributed by atoms with Crippen molar-refractivity contribution in [3.63, 3.8) is 0 Å². The number of para-hydroxylation sites is 1. The molecule has 0 aliphatic rings. The Kier molecular flexibility index (Phi) is 4.63. The van der Waals surface area contributed by atoms with Crippen molar-refractivity contribution >= 4 is 17.3 Å². The average Bonchev–Trinajstić information content (AvgIpc) is 2.37. The summed E-state index contributed by atoms with van der Waals surface area (Å²) >= 11 is 5.98. The van der Waals surface area contributed by atoms with Gasteiger partial charge in [0.1, 0.15) is 5.75 Å². The molecule has 2 aromatic carbocycles. The van der Waals surface area contributed by atoms with Gasteiger partial charge in [0.2, 0.25) is 0 Å². The number of nitrogens with one attached hydrogen (secondary N) is 1. The number of benzene rings is 2. The Morgan fingerprint density at radius 2 is 1.86 bits per heavy atom. The number of anilines is 1. The Morgan fingerprint density at radius 1 is 1.14 bits per heavy atom. The van der Waals surface area contributed by atoms with Crippen LogP contribution in [0, 0.1) is 6.92 Å².